The van der Waals surface area contributed by atoms with Crippen molar-refractivity contribution in [2.45, 2.75) is 30.2 Å². The van der Waals surface area contributed by atoms with Crippen molar-refractivity contribution < 1.29 is 21.9 Å². The molecule has 0 spiro atoms. The van der Waals surface area contributed by atoms with Crippen molar-refractivity contribution in [1.29, 1.82) is 0 Å². The predicted octanol–water partition coefficient (Wildman–Crippen LogP) is 2.12. The quantitative estimate of drug-likeness (QED) is 0.798. The van der Waals surface area contributed by atoms with Crippen molar-refractivity contribution in [3.63, 3.8) is 0 Å². The van der Waals surface area contributed by atoms with Crippen LogP contribution in [0.25, 0.3) is 0 Å². The van der Waals surface area contributed by atoms with E-state index in [-0.39, 0.29) is 29.1 Å². The molecule has 0 aromatic heterocycles. The van der Waals surface area contributed by atoms with Crippen molar-refractivity contribution in [3.8, 4) is 5.75 Å². The Bertz CT molecular complexity index is 584. The van der Waals surface area contributed by atoms with Crippen LogP contribution in [0, 0.1) is 0 Å². The summed E-state index contributed by atoms with van der Waals surface area (Å²) in [6.07, 6.45) is -0.896. The van der Waals surface area contributed by atoms with Crippen LogP contribution < -0.4 is 10.1 Å². The fourth-order valence-corrected chi connectivity index (χ4v) is 4.26. The van der Waals surface area contributed by atoms with E-state index in [1.54, 1.807) is 7.05 Å². The van der Waals surface area contributed by atoms with Crippen LogP contribution in [0.1, 0.15) is 12.8 Å². The lowest BCUT2D eigenvalue weighted by Crippen LogP contribution is -2.40. The van der Waals surface area contributed by atoms with E-state index < -0.39 is 23.1 Å². The number of rotatable bonds is 7. The zero-order valence-corrected chi connectivity index (χ0v) is 14.4. The lowest BCUT2D eigenvalue weighted by molar-refractivity contribution is 0.0819. The third-order valence-electron chi connectivity index (χ3n) is 3.57. The molecule has 1 saturated heterocycles. The number of nitrogens with one attached hydrogen (secondary N) is 1. The Labute approximate surface area is 141 Å². The van der Waals surface area contributed by atoms with Crippen LogP contribution in [0.4, 0.5) is 8.78 Å². The van der Waals surface area contributed by atoms with Gasteiger partial charge in [0.25, 0.3) is 6.43 Å². The first-order valence-corrected chi connectivity index (χ1v) is 8.56. The molecule has 1 unspecified atom stereocenters. The van der Waals surface area contributed by atoms with Gasteiger partial charge >= 0.3 is 0 Å². The van der Waals surface area contributed by atoms with Crippen molar-refractivity contribution in [1.82, 2.24) is 9.62 Å². The highest BCUT2D eigenvalue weighted by Crippen LogP contribution is 2.27. The number of sulfonamides is 1. The van der Waals surface area contributed by atoms with E-state index >= 15 is 0 Å². The van der Waals surface area contributed by atoms with Gasteiger partial charge < -0.3 is 10.1 Å². The van der Waals surface area contributed by atoms with Gasteiger partial charge in [0.05, 0.1) is 4.90 Å². The fourth-order valence-electron chi connectivity index (χ4n) is 2.57. The van der Waals surface area contributed by atoms with Gasteiger partial charge in [-0.2, -0.15) is 4.31 Å². The number of halogens is 3. The minimum absolute atomic E-state index is 0. The first kappa shape index (κ1) is 20.1. The van der Waals surface area contributed by atoms with Gasteiger partial charge in [-0.15, -0.1) is 12.4 Å². The van der Waals surface area contributed by atoms with Gasteiger partial charge in [-0.1, -0.05) is 0 Å². The average molecular weight is 371 g/mol. The molecule has 2 rings (SSSR count). The van der Waals surface area contributed by atoms with Crippen LogP contribution in [0.5, 0.6) is 5.75 Å². The van der Waals surface area contributed by atoms with Crippen LogP contribution >= 0.6 is 12.4 Å². The monoisotopic (exact) mass is 370 g/mol. The molecular weight excluding hydrogens is 350 g/mol. The van der Waals surface area contributed by atoms with Crippen molar-refractivity contribution in [2.24, 2.45) is 0 Å². The van der Waals surface area contributed by atoms with Crippen molar-refractivity contribution >= 4 is 22.4 Å². The van der Waals surface area contributed by atoms with Gasteiger partial charge in [0.1, 0.15) is 12.4 Å². The lowest BCUT2D eigenvalue weighted by Gasteiger charge is -2.24. The highest BCUT2D eigenvalue weighted by Gasteiger charge is 2.34. The van der Waals surface area contributed by atoms with Crippen LogP contribution in [0.15, 0.2) is 29.2 Å². The van der Waals surface area contributed by atoms with Crippen LogP contribution in [0.3, 0.4) is 0 Å². The number of likely N-dealkylation sites (N-methyl/N-ethyl adjacent to an activating group) is 1. The van der Waals surface area contributed by atoms with Gasteiger partial charge in [0.15, 0.2) is 0 Å². The molecule has 1 aromatic carbocycles. The summed E-state index contributed by atoms with van der Waals surface area (Å²) in [6, 6.07) is 5.54. The highest BCUT2D eigenvalue weighted by molar-refractivity contribution is 7.89. The molecule has 9 heteroatoms. The third kappa shape index (κ3) is 5.00. The molecule has 0 aliphatic carbocycles. The number of ether oxygens (including phenoxy) is 1. The number of hydrogen-bond donors (Lipinski definition) is 1. The molecule has 0 bridgehead atoms. The topological polar surface area (TPSA) is 58.6 Å². The SMILES string of the molecule is CNCC1CCCN1S(=O)(=O)c1ccc(OCC(F)F)cc1.Cl. The largest absolute Gasteiger partial charge is 0.488 e. The first-order valence-electron chi connectivity index (χ1n) is 7.12. The van der Waals surface area contributed by atoms with E-state index in [9.17, 15) is 17.2 Å². The highest BCUT2D eigenvalue weighted by atomic mass is 35.5. The van der Waals surface area contributed by atoms with E-state index in [1.807, 2.05) is 0 Å². The lowest BCUT2D eigenvalue weighted by atomic mass is 10.2. The van der Waals surface area contributed by atoms with E-state index in [0.717, 1.165) is 12.8 Å². The average Bonchev–Trinajstić information content (AvgIpc) is 2.95. The van der Waals surface area contributed by atoms with E-state index in [2.05, 4.69) is 5.32 Å². The molecule has 132 valence electrons. The molecule has 23 heavy (non-hydrogen) atoms. The maximum atomic E-state index is 12.6. The van der Waals surface area contributed by atoms with E-state index in [1.165, 1.54) is 28.6 Å². The number of benzene rings is 1. The Hall–Kier alpha value is -0.960. The smallest absolute Gasteiger partial charge is 0.272 e. The van der Waals surface area contributed by atoms with Gasteiger partial charge in [-0.3, -0.25) is 0 Å². The van der Waals surface area contributed by atoms with Crippen molar-refractivity contribution in [2.75, 3.05) is 26.7 Å². The summed E-state index contributed by atoms with van der Waals surface area (Å²) >= 11 is 0. The van der Waals surface area contributed by atoms with Gasteiger partial charge in [0.2, 0.25) is 10.0 Å². The van der Waals surface area contributed by atoms with E-state index in [0.29, 0.717) is 13.1 Å². The standard InChI is InChI=1S/C14H20F2N2O3S.ClH/c1-17-9-11-3-2-8-18(11)22(19,20)13-6-4-12(5-7-13)21-10-14(15)16;/h4-7,11,14,17H,2-3,8-10H2,1H3;1H. The molecule has 1 fully saturated rings. The molecule has 1 aliphatic heterocycles. The van der Waals surface area contributed by atoms with Crippen molar-refractivity contribution in [3.05, 3.63) is 24.3 Å². The predicted molar refractivity (Wildman–Crippen MR) is 86.0 cm³/mol. The zero-order valence-electron chi connectivity index (χ0n) is 12.7. The second-order valence-corrected chi connectivity index (χ2v) is 7.03. The minimum atomic E-state index is -3.57. The van der Waals surface area contributed by atoms with E-state index in [4.69, 9.17) is 4.74 Å². The minimum Gasteiger partial charge on any atom is -0.488 e. The Balaban J connectivity index is 0.00000264. The number of alkyl halides is 2. The second-order valence-electron chi connectivity index (χ2n) is 5.14. The molecule has 1 N–H and O–H groups in total. The van der Waals surface area contributed by atoms with Gasteiger partial charge in [-0.05, 0) is 44.2 Å². The number of nitrogens with zero attached hydrogens (tertiary/aromatic N) is 1. The zero-order chi connectivity index (χ0) is 16.2. The molecule has 0 amide bonds. The summed E-state index contributed by atoms with van der Waals surface area (Å²) < 4.78 is 55.8. The van der Waals surface area contributed by atoms with Gasteiger partial charge in [-0.25, -0.2) is 17.2 Å². The van der Waals surface area contributed by atoms with Crippen LogP contribution in [0.2, 0.25) is 0 Å². The fraction of sp³-hybridized carbons (Fsp3) is 0.571. The molecular formula is C14H21ClF2N2O3S. The third-order valence-corrected chi connectivity index (χ3v) is 5.54. The maximum absolute atomic E-state index is 12.6. The Morgan fingerprint density at radius 3 is 2.57 bits per heavy atom. The van der Waals surface area contributed by atoms with Gasteiger partial charge in [0, 0.05) is 19.1 Å². The maximum Gasteiger partial charge on any atom is 0.272 e. The van der Waals surface area contributed by atoms with Crippen LogP contribution in [-0.2, 0) is 10.0 Å². The molecule has 0 radical (unpaired) electrons. The summed E-state index contributed by atoms with van der Waals surface area (Å²) in [7, 11) is -1.78. The molecule has 5 nitrogen and oxygen atoms in total. The molecule has 1 aromatic rings. The molecule has 1 atom stereocenters. The summed E-state index contributed by atoms with van der Waals surface area (Å²) in [6.45, 7) is 0.398. The summed E-state index contributed by atoms with van der Waals surface area (Å²) in [5.74, 6) is 0.229. The molecule has 1 aliphatic rings. The van der Waals surface area contributed by atoms with Crippen LogP contribution in [-0.4, -0.2) is 51.9 Å². The Kier molecular flexibility index (Phi) is 7.66. The molecule has 0 saturated carbocycles. The molecule has 1 heterocycles. The first-order chi connectivity index (χ1) is 10.4. The summed E-state index contributed by atoms with van der Waals surface area (Å²) in [4.78, 5) is 0.153. The Morgan fingerprint density at radius 1 is 1.35 bits per heavy atom. The summed E-state index contributed by atoms with van der Waals surface area (Å²) in [5.41, 5.74) is 0. The normalized spacial score (nSPS) is 18.9. The Morgan fingerprint density at radius 2 is 2.00 bits per heavy atom. The summed E-state index contributed by atoms with van der Waals surface area (Å²) in [5, 5.41) is 3.00. The second kappa shape index (κ2) is 8.77. The number of hydrogen-bond acceptors (Lipinski definition) is 4.